The summed E-state index contributed by atoms with van der Waals surface area (Å²) in [6, 6.07) is 6.93. The van der Waals surface area contributed by atoms with Crippen LogP contribution in [0.25, 0.3) is 0 Å². The summed E-state index contributed by atoms with van der Waals surface area (Å²) < 4.78 is 5.38. The fourth-order valence-electron chi connectivity index (χ4n) is 1.73. The molecule has 1 fully saturated rings. The molecule has 2 N–H and O–H groups in total. The predicted octanol–water partition coefficient (Wildman–Crippen LogP) is 0.287. The molecule has 1 atom stereocenters. The lowest BCUT2D eigenvalue weighted by Crippen LogP contribution is -2.39. The molecule has 1 aliphatic heterocycles. The van der Waals surface area contributed by atoms with E-state index in [9.17, 15) is 14.7 Å². The van der Waals surface area contributed by atoms with E-state index in [1.807, 2.05) is 19.1 Å². The second-order valence-electron chi connectivity index (χ2n) is 4.44. The van der Waals surface area contributed by atoms with Crippen LogP contribution in [-0.4, -0.2) is 47.7 Å². The molecule has 1 saturated heterocycles. The molecule has 1 unspecified atom stereocenters. The second kappa shape index (κ2) is 5.71. The van der Waals surface area contributed by atoms with Crippen LogP contribution < -0.4 is 10.1 Å². The minimum absolute atomic E-state index is 0.00955. The third-order valence-corrected chi connectivity index (χ3v) is 2.79. The number of imide groups is 1. The molecular formula is C13H16N2O4. The number of amides is 3. The lowest BCUT2D eigenvalue weighted by Gasteiger charge is -2.17. The number of carbonyl (C=O) groups excluding carboxylic acids is 2. The van der Waals surface area contributed by atoms with Crippen molar-refractivity contribution in [1.82, 2.24) is 10.2 Å². The Morgan fingerprint density at radius 2 is 2.05 bits per heavy atom. The van der Waals surface area contributed by atoms with E-state index < -0.39 is 12.1 Å². The molecule has 19 heavy (non-hydrogen) atoms. The third-order valence-electron chi connectivity index (χ3n) is 2.79. The number of nitrogens with zero attached hydrogens (tertiary/aromatic N) is 1. The number of aryl methyl sites for hydroxylation is 1. The van der Waals surface area contributed by atoms with Gasteiger partial charge in [-0.25, -0.2) is 4.79 Å². The number of β-amino-alcohol motifs (C(OH)–C–C–N with tert-alkyl or cyclic N) is 1. The zero-order valence-corrected chi connectivity index (χ0v) is 10.6. The van der Waals surface area contributed by atoms with E-state index in [4.69, 9.17) is 4.74 Å². The number of ether oxygens (including phenoxy) is 1. The van der Waals surface area contributed by atoms with Gasteiger partial charge in [0.2, 0.25) is 5.91 Å². The van der Waals surface area contributed by atoms with E-state index in [1.54, 1.807) is 12.1 Å². The summed E-state index contributed by atoms with van der Waals surface area (Å²) in [7, 11) is 0. The fourth-order valence-corrected chi connectivity index (χ4v) is 1.73. The molecule has 0 bridgehead atoms. The van der Waals surface area contributed by atoms with Crippen LogP contribution >= 0.6 is 0 Å². The smallest absolute Gasteiger partial charge is 0.324 e. The molecule has 102 valence electrons. The highest BCUT2D eigenvalue weighted by molar-refractivity contribution is 6.01. The quantitative estimate of drug-likeness (QED) is 0.749. The van der Waals surface area contributed by atoms with E-state index in [2.05, 4.69) is 5.32 Å². The Labute approximate surface area is 111 Å². The first-order valence-electron chi connectivity index (χ1n) is 6.02. The molecule has 0 radical (unpaired) electrons. The Balaban J connectivity index is 1.81. The van der Waals surface area contributed by atoms with Gasteiger partial charge in [-0.2, -0.15) is 0 Å². The van der Waals surface area contributed by atoms with Crippen molar-refractivity contribution in [2.24, 2.45) is 0 Å². The first-order valence-corrected chi connectivity index (χ1v) is 6.02. The minimum Gasteiger partial charge on any atom is -0.491 e. The Morgan fingerprint density at radius 3 is 2.63 bits per heavy atom. The maximum atomic E-state index is 11.3. The van der Waals surface area contributed by atoms with Crippen LogP contribution in [0.4, 0.5) is 4.79 Å². The van der Waals surface area contributed by atoms with Gasteiger partial charge in [0.15, 0.2) is 0 Å². The maximum Gasteiger partial charge on any atom is 0.324 e. The van der Waals surface area contributed by atoms with Crippen LogP contribution in [0.5, 0.6) is 5.75 Å². The summed E-state index contributed by atoms with van der Waals surface area (Å²) in [5.41, 5.74) is 1.12. The summed E-state index contributed by atoms with van der Waals surface area (Å²) in [6.07, 6.45) is -0.908. The van der Waals surface area contributed by atoms with Gasteiger partial charge in [-0.15, -0.1) is 0 Å². The standard InChI is InChI=1S/C13H16N2O4/c1-9-2-4-11(5-3-9)19-8-10(16)7-15-12(17)6-14-13(15)18/h2-5,10,16H,6-8H2,1H3,(H,14,18). The zero-order chi connectivity index (χ0) is 13.8. The average Bonchev–Trinajstić information content (AvgIpc) is 2.70. The molecule has 1 aromatic rings. The topological polar surface area (TPSA) is 78.9 Å². The van der Waals surface area contributed by atoms with Crippen molar-refractivity contribution in [3.8, 4) is 5.75 Å². The van der Waals surface area contributed by atoms with Gasteiger partial charge in [0, 0.05) is 0 Å². The van der Waals surface area contributed by atoms with Gasteiger partial charge in [-0.1, -0.05) is 17.7 Å². The number of urea groups is 1. The van der Waals surface area contributed by atoms with Crippen molar-refractivity contribution in [3.63, 3.8) is 0 Å². The van der Waals surface area contributed by atoms with Gasteiger partial charge in [-0.3, -0.25) is 9.69 Å². The summed E-state index contributed by atoms with van der Waals surface area (Å²) in [4.78, 5) is 23.6. The minimum atomic E-state index is -0.908. The van der Waals surface area contributed by atoms with Crippen molar-refractivity contribution in [2.45, 2.75) is 13.0 Å². The maximum absolute atomic E-state index is 11.3. The Morgan fingerprint density at radius 1 is 1.37 bits per heavy atom. The van der Waals surface area contributed by atoms with Crippen LogP contribution in [0.2, 0.25) is 0 Å². The summed E-state index contributed by atoms with van der Waals surface area (Å²) in [5, 5.41) is 12.2. The third kappa shape index (κ3) is 3.45. The van der Waals surface area contributed by atoms with Crippen molar-refractivity contribution in [3.05, 3.63) is 29.8 Å². The van der Waals surface area contributed by atoms with E-state index in [0.29, 0.717) is 5.75 Å². The number of rotatable bonds is 5. The van der Waals surface area contributed by atoms with Gasteiger partial charge >= 0.3 is 6.03 Å². The van der Waals surface area contributed by atoms with Crippen molar-refractivity contribution >= 4 is 11.9 Å². The number of aliphatic hydroxyl groups is 1. The summed E-state index contributed by atoms with van der Waals surface area (Å²) >= 11 is 0. The Kier molecular flexibility index (Phi) is 4.01. The monoisotopic (exact) mass is 264 g/mol. The predicted molar refractivity (Wildman–Crippen MR) is 67.8 cm³/mol. The lowest BCUT2D eigenvalue weighted by molar-refractivity contribution is -0.126. The number of carbonyl (C=O) groups is 2. The van der Waals surface area contributed by atoms with Crippen molar-refractivity contribution in [1.29, 1.82) is 0 Å². The van der Waals surface area contributed by atoms with E-state index in [1.165, 1.54) is 0 Å². The average molecular weight is 264 g/mol. The van der Waals surface area contributed by atoms with Gasteiger partial charge < -0.3 is 15.2 Å². The zero-order valence-electron chi connectivity index (χ0n) is 10.6. The molecule has 0 aromatic heterocycles. The molecule has 0 aliphatic carbocycles. The van der Waals surface area contributed by atoms with Crippen LogP contribution in [0, 0.1) is 6.92 Å². The molecule has 6 heteroatoms. The molecule has 3 amide bonds. The number of nitrogens with one attached hydrogen (secondary N) is 1. The lowest BCUT2D eigenvalue weighted by atomic mass is 10.2. The molecular weight excluding hydrogens is 248 g/mol. The van der Waals surface area contributed by atoms with E-state index in [-0.39, 0.29) is 25.6 Å². The van der Waals surface area contributed by atoms with Crippen molar-refractivity contribution in [2.75, 3.05) is 19.7 Å². The van der Waals surface area contributed by atoms with Gasteiger partial charge in [-0.05, 0) is 19.1 Å². The van der Waals surface area contributed by atoms with Gasteiger partial charge in [0.1, 0.15) is 18.5 Å². The second-order valence-corrected chi connectivity index (χ2v) is 4.44. The molecule has 1 aromatic carbocycles. The SMILES string of the molecule is Cc1ccc(OCC(O)CN2C(=O)CNC2=O)cc1. The molecule has 2 rings (SSSR count). The fraction of sp³-hybridized carbons (Fsp3) is 0.385. The van der Waals surface area contributed by atoms with Crippen LogP contribution in [0.15, 0.2) is 24.3 Å². The Hall–Kier alpha value is -2.08. The molecule has 1 aliphatic rings. The van der Waals surface area contributed by atoms with Crippen LogP contribution in [0.1, 0.15) is 5.56 Å². The molecule has 6 nitrogen and oxygen atoms in total. The number of aliphatic hydroxyl groups excluding tert-OH is 1. The van der Waals surface area contributed by atoms with Crippen LogP contribution in [0.3, 0.4) is 0 Å². The summed E-state index contributed by atoms with van der Waals surface area (Å²) in [5.74, 6) is 0.307. The number of hydrogen-bond acceptors (Lipinski definition) is 4. The highest BCUT2D eigenvalue weighted by Crippen LogP contribution is 2.12. The summed E-state index contributed by atoms with van der Waals surface area (Å²) in [6.45, 7) is 1.93. The Bertz CT molecular complexity index is 456. The molecule has 0 saturated carbocycles. The first-order chi connectivity index (χ1) is 9.06. The number of hydrogen-bond donors (Lipinski definition) is 2. The first kappa shape index (κ1) is 13.4. The largest absolute Gasteiger partial charge is 0.491 e. The molecule has 1 heterocycles. The van der Waals surface area contributed by atoms with Crippen LogP contribution in [-0.2, 0) is 4.79 Å². The highest BCUT2D eigenvalue weighted by Gasteiger charge is 2.30. The molecule has 0 spiro atoms. The van der Waals surface area contributed by atoms with Gasteiger partial charge in [0.05, 0.1) is 13.1 Å². The van der Waals surface area contributed by atoms with E-state index in [0.717, 1.165) is 10.5 Å². The highest BCUT2D eigenvalue weighted by atomic mass is 16.5. The number of benzene rings is 1. The van der Waals surface area contributed by atoms with Crippen molar-refractivity contribution < 1.29 is 19.4 Å². The normalized spacial score (nSPS) is 16.4. The van der Waals surface area contributed by atoms with E-state index >= 15 is 0 Å². The van der Waals surface area contributed by atoms with Gasteiger partial charge in [0.25, 0.3) is 0 Å².